The molecule has 1 N–H and O–H groups in total. The summed E-state index contributed by atoms with van der Waals surface area (Å²) in [5.74, 6) is 1.39. The van der Waals surface area contributed by atoms with Crippen LogP contribution in [0.25, 0.3) is 0 Å². The van der Waals surface area contributed by atoms with Gasteiger partial charge in [0.25, 0.3) is 5.91 Å². The van der Waals surface area contributed by atoms with E-state index in [0.29, 0.717) is 30.0 Å². The van der Waals surface area contributed by atoms with Gasteiger partial charge in [-0.15, -0.1) is 0 Å². The molecule has 0 unspecified atom stereocenters. The van der Waals surface area contributed by atoms with Gasteiger partial charge in [-0.3, -0.25) is 9.59 Å². The summed E-state index contributed by atoms with van der Waals surface area (Å²) in [6, 6.07) is 12.7. The highest BCUT2D eigenvalue weighted by Crippen LogP contribution is 2.29. The van der Waals surface area contributed by atoms with Crippen LogP contribution in [0.2, 0.25) is 0 Å². The second-order valence-electron chi connectivity index (χ2n) is 6.92. The molecule has 2 aromatic carbocycles. The van der Waals surface area contributed by atoms with Crippen molar-refractivity contribution in [2.75, 3.05) is 20.8 Å². The Morgan fingerprint density at radius 2 is 2.00 bits per heavy atom. The van der Waals surface area contributed by atoms with Crippen molar-refractivity contribution in [2.45, 2.75) is 32.4 Å². The smallest absolute Gasteiger partial charge is 0.251 e. The maximum Gasteiger partial charge on any atom is 0.251 e. The number of ether oxygens (including phenoxy) is 2. The zero-order chi connectivity index (χ0) is 20.1. The van der Waals surface area contributed by atoms with Crippen LogP contribution in [0.15, 0.2) is 42.5 Å². The van der Waals surface area contributed by atoms with Crippen molar-refractivity contribution in [2.24, 2.45) is 0 Å². The van der Waals surface area contributed by atoms with Crippen LogP contribution in [-0.4, -0.2) is 37.5 Å². The Morgan fingerprint density at radius 1 is 1.18 bits per heavy atom. The van der Waals surface area contributed by atoms with Crippen molar-refractivity contribution in [1.82, 2.24) is 10.2 Å². The van der Waals surface area contributed by atoms with E-state index >= 15 is 0 Å². The first kappa shape index (κ1) is 19.7. The first-order valence-electron chi connectivity index (χ1n) is 9.41. The minimum Gasteiger partial charge on any atom is -0.497 e. The number of likely N-dealkylation sites (tertiary alicyclic amines) is 1. The van der Waals surface area contributed by atoms with Crippen molar-refractivity contribution in [3.63, 3.8) is 0 Å². The highest BCUT2D eigenvalue weighted by atomic mass is 16.5. The quantitative estimate of drug-likeness (QED) is 0.798. The van der Waals surface area contributed by atoms with E-state index < -0.39 is 0 Å². The highest BCUT2D eigenvalue weighted by molar-refractivity contribution is 5.94. The van der Waals surface area contributed by atoms with E-state index in [-0.39, 0.29) is 17.9 Å². The molecule has 2 aromatic rings. The number of amides is 2. The molecule has 0 spiro atoms. The predicted molar refractivity (Wildman–Crippen MR) is 107 cm³/mol. The van der Waals surface area contributed by atoms with Gasteiger partial charge in [-0.2, -0.15) is 0 Å². The fraction of sp³-hybridized carbons (Fsp3) is 0.364. The molecule has 1 saturated heterocycles. The Hall–Kier alpha value is -3.02. The zero-order valence-corrected chi connectivity index (χ0v) is 16.5. The molecule has 148 valence electrons. The topological polar surface area (TPSA) is 67.9 Å². The minimum atomic E-state index is -0.263. The van der Waals surface area contributed by atoms with Crippen molar-refractivity contribution in [3.05, 3.63) is 59.2 Å². The van der Waals surface area contributed by atoms with Gasteiger partial charge in [-0.05, 0) is 49.2 Å². The first-order valence-corrected chi connectivity index (χ1v) is 9.41. The lowest BCUT2D eigenvalue weighted by Crippen LogP contribution is -2.27. The van der Waals surface area contributed by atoms with Crippen molar-refractivity contribution >= 4 is 11.8 Å². The Kier molecular flexibility index (Phi) is 6.19. The molecule has 0 radical (unpaired) electrons. The van der Waals surface area contributed by atoms with Crippen LogP contribution in [0.4, 0.5) is 0 Å². The zero-order valence-electron chi connectivity index (χ0n) is 16.5. The van der Waals surface area contributed by atoms with E-state index in [9.17, 15) is 9.59 Å². The third-order valence-corrected chi connectivity index (χ3v) is 4.98. The fourth-order valence-corrected chi connectivity index (χ4v) is 3.44. The molecule has 1 fully saturated rings. The molecular formula is C22H26N2O4. The lowest BCUT2D eigenvalue weighted by molar-refractivity contribution is -0.128. The van der Waals surface area contributed by atoms with Crippen molar-refractivity contribution in [1.29, 1.82) is 0 Å². The van der Waals surface area contributed by atoms with Gasteiger partial charge < -0.3 is 19.7 Å². The molecule has 6 heteroatoms. The summed E-state index contributed by atoms with van der Waals surface area (Å²) in [6.45, 7) is 3.23. The van der Waals surface area contributed by atoms with Crippen LogP contribution in [0, 0.1) is 0 Å². The maximum absolute atomic E-state index is 12.8. The second-order valence-corrected chi connectivity index (χ2v) is 6.92. The van der Waals surface area contributed by atoms with Gasteiger partial charge in [-0.25, -0.2) is 0 Å². The Balaban J connectivity index is 1.72. The molecule has 1 heterocycles. The minimum absolute atomic E-state index is 0.174. The number of hydrogen-bond donors (Lipinski definition) is 1. The molecule has 3 rings (SSSR count). The van der Waals surface area contributed by atoms with Crippen LogP contribution >= 0.6 is 0 Å². The molecule has 0 saturated carbocycles. The summed E-state index contributed by atoms with van der Waals surface area (Å²) in [5, 5.41) is 3.01. The van der Waals surface area contributed by atoms with Gasteiger partial charge >= 0.3 is 0 Å². The van der Waals surface area contributed by atoms with E-state index in [1.807, 2.05) is 48.2 Å². The van der Waals surface area contributed by atoms with Gasteiger partial charge in [0, 0.05) is 30.6 Å². The Labute approximate surface area is 165 Å². The molecular weight excluding hydrogens is 356 g/mol. The SMILES string of the molecule is COc1ccc(OC)c([C@H](C)NC(=O)c2cccc(CN3CCCC3=O)c2)c1. The van der Waals surface area contributed by atoms with E-state index in [2.05, 4.69) is 5.32 Å². The molecule has 0 bridgehead atoms. The second kappa shape index (κ2) is 8.78. The van der Waals surface area contributed by atoms with Crippen LogP contribution < -0.4 is 14.8 Å². The van der Waals surface area contributed by atoms with Gasteiger partial charge in [-0.1, -0.05) is 12.1 Å². The number of hydrogen-bond acceptors (Lipinski definition) is 4. The Morgan fingerprint density at radius 3 is 2.68 bits per heavy atom. The number of carbonyl (C=O) groups is 2. The third kappa shape index (κ3) is 4.44. The van der Waals surface area contributed by atoms with Crippen LogP contribution in [0.5, 0.6) is 11.5 Å². The fourth-order valence-electron chi connectivity index (χ4n) is 3.44. The van der Waals surface area contributed by atoms with Gasteiger partial charge in [0.1, 0.15) is 11.5 Å². The molecule has 1 atom stereocenters. The summed E-state index contributed by atoms with van der Waals surface area (Å²) in [7, 11) is 3.20. The molecule has 2 amide bonds. The average molecular weight is 382 g/mol. The third-order valence-electron chi connectivity index (χ3n) is 4.98. The number of methoxy groups -OCH3 is 2. The average Bonchev–Trinajstić information content (AvgIpc) is 3.12. The molecule has 0 aromatic heterocycles. The van der Waals surface area contributed by atoms with Crippen LogP contribution in [0.1, 0.15) is 47.3 Å². The van der Waals surface area contributed by atoms with Crippen LogP contribution in [-0.2, 0) is 11.3 Å². The Bertz CT molecular complexity index is 865. The van der Waals surface area contributed by atoms with E-state index in [4.69, 9.17) is 9.47 Å². The number of carbonyl (C=O) groups excluding carboxylic acids is 2. The lowest BCUT2D eigenvalue weighted by atomic mass is 10.1. The summed E-state index contributed by atoms with van der Waals surface area (Å²) in [4.78, 5) is 26.4. The normalized spacial score (nSPS) is 14.7. The summed E-state index contributed by atoms with van der Waals surface area (Å²) < 4.78 is 10.7. The number of nitrogens with zero attached hydrogens (tertiary/aromatic N) is 1. The highest BCUT2D eigenvalue weighted by Gasteiger charge is 2.21. The summed E-state index contributed by atoms with van der Waals surface area (Å²) in [6.07, 6.45) is 1.51. The lowest BCUT2D eigenvalue weighted by Gasteiger charge is -2.19. The van der Waals surface area contributed by atoms with Gasteiger partial charge in [0.05, 0.1) is 20.3 Å². The standard InChI is InChI=1S/C22H26N2O4/c1-15(19-13-18(27-2)9-10-20(19)28-3)23-22(26)17-7-4-6-16(12-17)14-24-11-5-8-21(24)25/h4,6-7,9-10,12-13,15H,5,8,11,14H2,1-3H3,(H,23,26)/t15-/m0/s1. The van der Waals surface area contributed by atoms with Crippen LogP contribution in [0.3, 0.4) is 0 Å². The largest absolute Gasteiger partial charge is 0.497 e. The van der Waals surface area contributed by atoms with E-state index in [1.54, 1.807) is 20.3 Å². The maximum atomic E-state index is 12.8. The summed E-state index contributed by atoms with van der Waals surface area (Å²) >= 11 is 0. The van der Waals surface area contributed by atoms with Gasteiger partial charge in [0.2, 0.25) is 5.91 Å². The van der Waals surface area contributed by atoms with E-state index in [1.165, 1.54) is 0 Å². The number of benzene rings is 2. The predicted octanol–water partition coefficient (Wildman–Crippen LogP) is 3.32. The molecule has 6 nitrogen and oxygen atoms in total. The monoisotopic (exact) mass is 382 g/mol. The number of nitrogens with one attached hydrogen (secondary N) is 1. The molecule has 1 aliphatic heterocycles. The van der Waals surface area contributed by atoms with E-state index in [0.717, 1.165) is 24.1 Å². The summed E-state index contributed by atoms with van der Waals surface area (Å²) in [5.41, 5.74) is 2.36. The van der Waals surface area contributed by atoms with Crippen molar-refractivity contribution < 1.29 is 19.1 Å². The molecule has 28 heavy (non-hydrogen) atoms. The van der Waals surface area contributed by atoms with Gasteiger partial charge in [0.15, 0.2) is 0 Å². The molecule has 1 aliphatic rings. The number of rotatable bonds is 7. The molecule has 0 aliphatic carbocycles. The first-order chi connectivity index (χ1) is 13.5. The van der Waals surface area contributed by atoms with Crippen molar-refractivity contribution in [3.8, 4) is 11.5 Å².